The Labute approximate surface area is 218 Å². The number of aromatic amines is 1. The van der Waals surface area contributed by atoms with Crippen LogP contribution in [0.15, 0.2) is 18.3 Å². The average molecular weight is 509 g/mol. The van der Waals surface area contributed by atoms with Gasteiger partial charge in [0.2, 0.25) is 5.95 Å². The number of aromatic nitrogens is 4. The van der Waals surface area contributed by atoms with Gasteiger partial charge >= 0.3 is 6.03 Å². The number of carbonyl (C=O) groups excluding carboxylic acids is 1. The summed E-state index contributed by atoms with van der Waals surface area (Å²) in [6, 6.07) is 4.76. The Balaban J connectivity index is 0.925. The molecule has 10 heteroatoms. The molecule has 1 spiro atoms. The van der Waals surface area contributed by atoms with Crippen LogP contribution in [0.2, 0.25) is 0 Å². The Kier molecular flexibility index (Phi) is 7.17. The standard InChI is InChI=1S/C27H40N8O2/c36-26(31-21-9-12-27(13-10-21)16-37-17-27)30-20-7-5-19(6-8-20)29-25-28-14-11-23(33-25)32-24-15-22(34-35-24)18-3-1-2-4-18/h11,14-15,18-21H,1-10,12-13,16-17H2,(H2,30,31,36)(H3,28,29,32,33,34,35). The van der Waals surface area contributed by atoms with Gasteiger partial charge in [-0.3, -0.25) is 5.10 Å². The Bertz CT molecular complexity index is 1050. The zero-order chi connectivity index (χ0) is 25.1. The molecule has 5 N–H and O–H groups in total. The van der Waals surface area contributed by atoms with Gasteiger partial charge in [-0.2, -0.15) is 10.1 Å². The molecule has 6 rings (SSSR count). The summed E-state index contributed by atoms with van der Waals surface area (Å²) < 4.78 is 5.41. The molecule has 4 fully saturated rings. The minimum Gasteiger partial charge on any atom is -0.380 e. The van der Waals surface area contributed by atoms with E-state index in [1.54, 1.807) is 6.20 Å². The number of H-pyrrole nitrogens is 1. The number of hydrogen-bond donors (Lipinski definition) is 5. The van der Waals surface area contributed by atoms with Crippen molar-refractivity contribution < 1.29 is 9.53 Å². The van der Waals surface area contributed by atoms with Gasteiger partial charge in [0, 0.05) is 47.4 Å². The lowest BCUT2D eigenvalue weighted by atomic mass is 9.71. The molecule has 2 aromatic heterocycles. The summed E-state index contributed by atoms with van der Waals surface area (Å²) in [6.45, 7) is 1.81. The zero-order valence-electron chi connectivity index (χ0n) is 21.6. The van der Waals surface area contributed by atoms with Gasteiger partial charge in [0.25, 0.3) is 0 Å². The first-order valence-corrected chi connectivity index (χ1v) is 14.2. The van der Waals surface area contributed by atoms with Crippen molar-refractivity contribution in [2.45, 2.75) is 101 Å². The second-order valence-electron chi connectivity index (χ2n) is 11.7. The molecule has 37 heavy (non-hydrogen) atoms. The predicted octanol–water partition coefficient (Wildman–Crippen LogP) is 4.58. The molecular formula is C27H40N8O2. The molecule has 200 valence electrons. The van der Waals surface area contributed by atoms with Crippen LogP contribution in [-0.2, 0) is 4.74 Å². The van der Waals surface area contributed by atoms with E-state index in [4.69, 9.17) is 4.74 Å². The maximum atomic E-state index is 12.6. The number of rotatable bonds is 7. The summed E-state index contributed by atoms with van der Waals surface area (Å²) in [5.41, 5.74) is 1.62. The van der Waals surface area contributed by atoms with Gasteiger partial charge in [-0.1, -0.05) is 12.8 Å². The number of hydrogen-bond acceptors (Lipinski definition) is 7. The number of urea groups is 1. The van der Waals surface area contributed by atoms with Gasteiger partial charge in [-0.05, 0) is 70.3 Å². The smallest absolute Gasteiger partial charge is 0.315 e. The largest absolute Gasteiger partial charge is 0.380 e. The molecule has 1 saturated heterocycles. The number of amides is 2. The van der Waals surface area contributed by atoms with E-state index < -0.39 is 0 Å². The Morgan fingerprint density at radius 3 is 2.32 bits per heavy atom. The molecule has 3 aliphatic carbocycles. The third-order valence-electron chi connectivity index (χ3n) is 8.90. The van der Waals surface area contributed by atoms with Crippen LogP contribution >= 0.6 is 0 Å². The third-order valence-corrected chi connectivity index (χ3v) is 8.90. The van der Waals surface area contributed by atoms with E-state index in [1.165, 1.54) is 31.4 Å². The molecule has 10 nitrogen and oxygen atoms in total. The van der Waals surface area contributed by atoms with Crippen LogP contribution in [0.25, 0.3) is 0 Å². The van der Waals surface area contributed by atoms with Crippen molar-refractivity contribution in [3.63, 3.8) is 0 Å². The van der Waals surface area contributed by atoms with Crippen molar-refractivity contribution in [2.75, 3.05) is 23.8 Å². The lowest BCUT2D eigenvalue weighted by Gasteiger charge is -2.46. The Morgan fingerprint density at radius 1 is 0.919 bits per heavy atom. The molecule has 4 aliphatic rings. The Morgan fingerprint density at radius 2 is 1.62 bits per heavy atom. The highest BCUT2D eigenvalue weighted by molar-refractivity contribution is 5.74. The molecule has 0 unspecified atom stereocenters. The quantitative estimate of drug-likeness (QED) is 0.370. The van der Waals surface area contributed by atoms with Crippen LogP contribution in [-0.4, -0.2) is 57.5 Å². The van der Waals surface area contributed by atoms with E-state index in [9.17, 15) is 4.79 Å². The van der Waals surface area contributed by atoms with Crippen molar-refractivity contribution in [3.05, 3.63) is 24.0 Å². The van der Waals surface area contributed by atoms with Crippen molar-refractivity contribution in [1.82, 2.24) is 30.8 Å². The van der Waals surface area contributed by atoms with Crippen LogP contribution in [0.1, 0.15) is 88.7 Å². The first-order chi connectivity index (χ1) is 18.1. The monoisotopic (exact) mass is 508 g/mol. The molecule has 2 aromatic rings. The molecule has 0 bridgehead atoms. The van der Waals surface area contributed by atoms with Gasteiger partial charge in [0.05, 0.1) is 13.2 Å². The molecule has 3 saturated carbocycles. The second-order valence-corrected chi connectivity index (χ2v) is 11.7. The summed E-state index contributed by atoms with van der Waals surface area (Å²) in [5, 5.41) is 20.8. The highest BCUT2D eigenvalue weighted by Crippen LogP contribution is 2.42. The molecule has 0 radical (unpaired) electrons. The normalized spacial score (nSPS) is 25.9. The molecule has 0 atom stereocenters. The van der Waals surface area contributed by atoms with Gasteiger partial charge in [0.1, 0.15) is 5.82 Å². The fourth-order valence-electron chi connectivity index (χ4n) is 6.51. The topological polar surface area (TPSA) is 129 Å². The summed E-state index contributed by atoms with van der Waals surface area (Å²) >= 11 is 0. The maximum absolute atomic E-state index is 12.6. The number of ether oxygens (including phenoxy) is 1. The maximum Gasteiger partial charge on any atom is 0.315 e. The minimum absolute atomic E-state index is 0.0150. The lowest BCUT2D eigenvalue weighted by molar-refractivity contribution is -0.133. The predicted molar refractivity (Wildman–Crippen MR) is 142 cm³/mol. The highest BCUT2D eigenvalue weighted by atomic mass is 16.5. The van der Waals surface area contributed by atoms with Gasteiger partial charge in [-0.15, -0.1) is 0 Å². The summed E-state index contributed by atoms with van der Waals surface area (Å²) in [5.74, 6) is 2.75. The number of anilines is 3. The Hall–Kier alpha value is -2.88. The van der Waals surface area contributed by atoms with E-state index >= 15 is 0 Å². The van der Waals surface area contributed by atoms with E-state index in [1.807, 2.05) is 6.07 Å². The van der Waals surface area contributed by atoms with Gasteiger partial charge in [-0.25, -0.2) is 9.78 Å². The molecule has 1 aliphatic heterocycles. The third kappa shape index (κ3) is 6.00. The van der Waals surface area contributed by atoms with E-state index in [0.717, 1.165) is 76.2 Å². The molecule has 2 amide bonds. The molecule has 0 aromatic carbocycles. The highest BCUT2D eigenvalue weighted by Gasteiger charge is 2.41. The minimum atomic E-state index is -0.0150. The first-order valence-electron chi connectivity index (χ1n) is 14.2. The van der Waals surface area contributed by atoms with E-state index in [-0.39, 0.29) is 18.1 Å². The second kappa shape index (κ2) is 10.8. The van der Waals surface area contributed by atoms with Crippen molar-refractivity contribution in [1.29, 1.82) is 0 Å². The summed E-state index contributed by atoms with van der Waals surface area (Å²) in [4.78, 5) is 21.6. The summed E-state index contributed by atoms with van der Waals surface area (Å²) in [6.07, 6.45) is 15.1. The van der Waals surface area contributed by atoms with Gasteiger partial charge < -0.3 is 26.0 Å². The average Bonchev–Trinajstić information content (AvgIpc) is 3.58. The molecule has 3 heterocycles. The van der Waals surface area contributed by atoms with Crippen molar-refractivity contribution in [2.24, 2.45) is 5.41 Å². The van der Waals surface area contributed by atoms with E-state index in [0.29, 0.717) is 23.3 Å². The van der Waals surface area contributed by atoms with Crippen molar-refractivity contribution in [3.8, 4) is 0 Å². The fraction of sp³-hybridized carbons (Fsp3) is 0.704. The van der Waals surface area contributed by atoms with Crippen LogP contribution < -0.4 is 21.3 Å². The molecular weight excluding hydrogens is 468 g/mol. The van der Waals surface area contributed by atoms with Crippen LogP contribution in [0.4, 0.5) is 22.4 Å². The van der Waals surface area contributed by atoms with Gasteiger partial charge in [0.15, 0.2) is 5.82 Å². The van der Waals surface area contributed by atoms with Crippen LogP contribution in [0.5, 0.6) is 0 Å². The first kappa shape index (κ1) is 24.5. The number of carbonyl (C=O) groups is 1. The number of nitrogens with one attached hydrogen (secondary N) is 5. The van der Waals surface area contributed by atoms with E-state index in [2.05, 4.69) is 47.5 Å². The van der Waals surface area contributed by atoms with Crippen LogP contribution in [0.3, 0.4) is 0 Å². The lowest BCUT2D eigenvalue weighted by Crippen LogP contribution is -2.52. The SMILES string of the molecule is O=C(NC1CCC(Nc2nccc(Nc3cc(C4CCCC4)[nH]n3)n2)CC1)NC1CCC2(CC1)COC2. The zero-order valence-corrected chi connectivity index (χ0v) is 21.6. The fourth-order valence-corrected chi connectivity index (χ4v) is 6.51. The van der Waals surface area contributed by atoms with Crippen molar-refractivity contribution >= 4 is 23.6 Å². The summed E-state index contributed by atoms with van der Waals surface area (Å²) in [7, 11) is 0. The van der Waals surface area contributed by atoms with Crippen LogP contribution in [0, 0.1) is 5.41 Å². The number of nitrogens with zero attached hydrogens (tertiary/aromatic N) is 3.